The van der Waals surface area contributed by atoms with E-state index in [-0.39, 0.29) is 5.82 Å². The number of aromatic nitrogens is 2. The molecule has 3 aromatic rings. The summed E-state index contributed by atoms with van der Waals surface area (Å²) >= 11 is 3.21. The number of imidazole rings is 1. The number of fused-ring (bicyclic) bond motifs is 1. The van der Waals surface area contributed by atoms with Gasteiger partial charge in [-0.25, -0.2) is 9.37 Å². The van der Waals surface area contributed by atoms with Gasteiger partial charge in [0.2, 0.25) is 5.95 Å². The number of hydrogen-bond donors (Lipinski definition) is 1. The standard InChI is InChI=1S/C15H13BrFN3O/c1-8-5-11(17)10(16)7-14(8)20-13-4-3-9(21-2)6-12(13)19-15(20)18/h3-7H,1-2H3,(H2,18,19). The minimum absolute atomic E-state index is 0.305. The second kappa shape index (κ2) is 5.04. The van der Waals surface area contributed by atoms with E-state index in [9.17, 15) is 4.39 Å². The lowest BCUT2D eigenvalue weighted by Gasteiger charge is -2.11. The Morgan fingerprint density at radius 1 is 1.29 bits per heavy atom. The third-order valence-corrected chi connectivity index (χ3v) is 3.98. The van der Waals surface area contributed by atoms with Crippen LogP contribution in [0.25, 0.3) is 16.7 Å². The molecule has 0 spiro atoms. The average molecular weight is 350 g/mol. The molecule has 0 saturated carbocycles. The molecule has 0 radical (unpaired) electrons. The van der Waals surface area contributed by atoms with Crippen LogP contribution in [-0.4, -0.2) is 16.7 Å². The lowest BCUT2D eigenvalue weighted by Crippen LogP contribution is -2.03. The molecule has 2 N–H and O–H groups in total. The smallest absolute Gasteiger partial charge is 0.205 e. The van der Waals surface area contributed by atoms with E-state index in [4.69, 9.17) is 10.5 Å². The molecule has 0 unspecified atom stereocenters. The van der Waals surface area contributed by atoms with Crippen LogP contribution in [0.15, 0.2) is 34.8 Å². The van der Waals surface area contributed by atoms with Crippen LogP contribution in [0.3, 0.4) is 0 Å². The summed E-state index contributed by atoms with van der Waals surface area (Å²) in [6.07, 6.45) is 0. The van der Waals surface area contributed by atoms with E-state index >= 15 is 0 Å². The Morgan fingerprint density at radius 3 is 2.76 bits per heavy atom. The molecule has 0 aliphatic heterocycles. The number of nitrogens with zero attached hydrogens (tertiary/aromatic N) is 2. The largest absolute Gasteiger partial charge is 0.497 e. The Hall–Kier alpha value is -2.08. The summed E-state index contributed by atoms with van der Waals surface area (Å²) in [5.74, 6) is 0.755. The molecule has 21 heavy (non-hydrogen) atoms. The number of hydrogen-bond acceptors (Lipinski definition) is 3. The minimum atomic E-state index is -0.305. The van der Waals surface area contributed by atoms with Crippen LogP contribution in [0, 0.1) is 12.7 Å². The molecule has 108 valence electrons. The SMILES string of the molecule is COc1ccc2c(c1)nc(N)n2-c1cc(Br)c(F)cc1C. The molecule has 4 nitrogen and oxygen atoms in total. The molecule has 0 aliphatic carbocycles. The van der Waals surface area contributed by atoms with Crippen molar-refractivity contribution in [3.63, 3.8) is 0 Å². The molecule has 0 atom stereocenters. The molecule has 0 fully saturated rings. The maximum absolute atomic E-state index is 13.6. The van der Waals surface area contributed by atoms with Gasteiger partial charge >= 0.3 is 0 Å². The topological polar surface area (TPSA) is 53.1 Å². The highest BCUT2D eigenvalue weighted by Gasteiger charge is 2.14. The second-order valence-electron chi connectivity index (χ2n) is 4.71. The van der Waals surface area contributed by atoms with Gasteiger partial charge in [-0.05, 0) is 52.7 Å². The second-order valence-corrected chi connectivity index (χ2v) is 5.57. The van der Waals surface area contributed by atoms with Gasteiger partial charge in [0.25, 0.3) is 0 Å². The first-order chi connectivity index (χ1) is 10.0. The summed E-state index contributed by atoms with van der Waals surface area (Å²) in [6, 6.07) is 8.71. The zero-order valence-electron chi connectivity index (χ0n) is 11.5. The number of methoxy groups -OCH3 is 1. The first-order valence-electron chi connectivity index (χ1n) is 6.29. The van der Waals surface area contributed by atoms with Crippen molar-refractivity contribution in [2.75, 3.05) is 12.8 Å². The Labute approximate surface area is 129 Å². The predicted molar refractivity (Wildman–Crippen MR) is 84.4 cm³/mol. The van der Waals surface area contributed by atoms with Crippen LogP contribution in [0.2, 0.25) is 0 Å². The molecular formula is C15H13BrFN3O. The summed E-state index contributed by atoms with van der Waals surface area (Å²) in [7, 11) is 1.60. The van der Waals surface area contributed by atoms with Gasteiger partial charge in [0.1, 0.15) is 11.6 Å². The highest BCUT2D eigenvalue weighted by Crippen LogP contribution is 2.30. The fourth-order valence-electron chi connectivity index (χ4n) is 2.34. The first-order valence-corrected chi connectivity index (χ1v) is 7.08. The van der Waals surface area contributed by atoms with Crippen LogP contribution < -0.4 is 10.5 Å². The summed E-state index contributed by atoms with van der Waals surface area (Å²) in [4.78, 5) is 4.34. The summed E-state index contributed by atoms with van der Waals surface area (Å²) in [5.41, 5.74) is 9.17. The van der Waals surface area contributed by atoms with E-state index in [1.54, 1.807) is 17.7 Å². The van der Waals surface area contributed by atoms with Gasteiger partial charge in [-0.2, -0.15) is 0 Å². The minimum Gasteiger partial charge on any atom is -0.497 e. The summed E-state index contributed by atoms with van der Waals surface area (Å²) < 4.78 is 21.0. The molecule has 0 aliphatic rings. The number of ether oxygens (including phenoxy) is 1. The van der Waals surface area contributed by atoms with Gasteiger partial charge in [0.15, 0.2) is 0 Å². The van der Waals surface area contributed by atoms with Gasteiger partial charge in [-0.3, -0.25) is 4.57 Å². The third-order valence-electron chi connectivity index (χ3n) is 3.37. The normalized spacial score (nSPS) is 11.0. The number of rotatable bonds is 2. The molecule has 3 rings (SSSR count). The van der Waals surface area contributed by atoms with Crippen molar-refractivity contribution in [1.82, 2.24) is 9.55 Å². The molecule has 2 aromatic carbocycles. The number of halogens is 2. The summed E-state index contributed by atoms with van der Waals surface area (Å²) in [6.45, 7) is 1.83. The van der Waals surface area contributed by atoms with Gasteiger partial charge in [-0.15, -0.1) is 0 Å². The number of benzene rings is 2. The molecule has 0 bridgehead atoms. The van der Waals surface area contributed by atoms with Crippen LogP contribution >= 0.6 is 15.9 Å². The average Bonchev–Trinajstić information content (AvgIpc) is 2.77. The van der Waals surface area contributed by atoms with E-state index in [1.165, 1.54) is 6.07 Å². The maximum atomic E-state index is 13.6. The zero-order chi connectivity index (χ0) is 15.1. The van der Waals surface area contributed by atoms with Crippen molar-refractivity contribution in [1.29, 1.82) is 0 Å². The Balaban J connectivity index is 2.30. The third kappa shape index (κ3) is 2.25. The van der Waals surface area contributed by atoms with Crippen LogP contribution in [0.4, 0.5) is 10.3 Å². The van der Waals surface area contributed by atoms with Gasteiger partial charge < -0.3 is 10.5 Å². The van der Waals surface area contributed by atoms with E-state index in [2.05, 4.69) is 20.9 Å². The van der Waals surface area contributed by atoms with E-state index in [0.717, 1.165) is 22.3 Å². The monoisotopic (exact) mass is 349 g/mol. The van der Waals surface area contributed by atoms with Gasteiger partial charge in [0, 0.05) is 6.07 Å². The maximum Gasteiger partial charge on any atom is 0.205 e. The molecule has 6 heteroatoms. The quantitative estimate of drug-likeness (QED) is 0.764. The molecular weight excluding hydrogens is 337 g/mol. The lowest BCUT2D eigenvalue weighted by atomic mass is 10.2. The first kappa shape index (κ1) is 13.9. The number of aryl methyl sites for hydroxylation is 1. The van der Waals surface area contributed by atoms with Crippen LogP contribution in [0.5, 0.6) is 5.75 Å². The van der Waals surface area contributed by atoms with E-state index in [0.29, 0.717) is 16.2 Å². The van der Waals surface area contributed by atoms with Crippen LogP contribution in [-0.2, 0) is 0 Å². The molecule has 1 aromatic heterocycles. The molecule has 0 saturated heterocycles. The molecule has 0 amide bonds. The van der Waals surface area contributed by atoms with Crippen molar-refractivity contribution >= 4 is 32.9 Å². The number of anilines is 1. The van der Waals surface area contributed by atoms with Crippen molar-refractivity contribution in [3.05, 3.63) is 46.2 Å². The van der Waals surface area contributed by atoms with Crippen molar-refractivity contribution in [2.24, 2.45) is 0 Å². The van der Waals surface area contributed by atoms with Crippen molar-refractivity contribution < 1.29 is 9.13 Å². The van der Waals surface area contributed by atoms with Crippen molar-refractivity contribution in [2.45, 2.75) is 6.92 Å². The number of nitrogen functional groups attached to an aromatic ring is 1. The lowest BCUT2D eigenvalue weighted by molar-refractivity contribution is 0.415. The van der Waals surface area contributed by atoms with Crippen LogP contribution in [0.1, 0.15) is 5.56 Å². The Bertz CT molecular complexity index is 845. The zero-order valence-corrected chi connectivity index (χ0v) is 13.1. The van der Waals surface area contributed by atoms with E-state index in [1.807, 2.05) is 25.1 Å². The highest BCUT2D eigenvalue weighted by atomic mass is 79.9. The highest BCUT2D eigenvalue weighted by molar-refractivity contribution is 9.10. The fraction of sp³-hybridized carbons (Fsp3) is 0.133. The Kier molecular flexibility index (Phi) is 3.33. The predicted octanol–water partition coefficient (Wildman–Crippen LogP) is 3.83. The Morgan fingerprint density at radius 2 is 2.05 bits per heavy atom. The van der Waals surface area contributed by atoms with E-state index < -0.39 is 0 Å². The number of nitrogens with two attached hydrogens (primary N) is 1. The van der Waals surface area contributed by atoms with Gasteiger partial charge in [-0.1, -0.05) is 0 Å². The fourth-order valence-corrected chi connectivity index (χ4v) is 2.67. The molecule has 1 heterocycles. The summed E-state index contributed by atoms with van der Waals surface area (Å²) in [5, 5.41) is 0. The van der Waals surface area contributed by atoms with Crippen molar-refractivity contribution in [3.8, 4) is 11.4 Å². The van der Waals surface area contributed by atoms with Gasteiger partial charge in [0.05, 0.1) is 28.3 Å².